The van der Waals surface area contributed by atoms with Crippen LogP contribution < -0.4 is 5.32 Å². The van der Waals surface area contributed by atoms with Gasteiger partial charge in [-0.2, -0.15) is 0 Å². The van der Waals surface area contributed by atoms with Gasteiger partial charge in [-0.1, -0.05) is 29.8 Å². The zero-order chi connectivity index (χ0) is 11.4. The summed E-state index contributed by atoms with van der Waals surface area (Å²) in [7, 11) is 2.05. The van der Waals surface area contributed by atoms with Crippen LogP contribution in [0, 0.1) is 0 Å². The van der Waals surface area contributed by atoms with Crippen LogP contribution >= 0.6 is 11.6 Å². The summed E-state index contributed by atoms with van der Waals surface area (Å²) >= 11 is 6.17. The summed E-state index contributed by atoms with van der Waals surface area (Å²) < 4.78 is 0. The van der Waals surface area contributed by atoms with E-state index in [1.165, 1.54) is 24.9 Å². The molecule has 88 valence electrons. The van der Waals surface area contributed by atoms with Crippen LogP contribution in [-0.2, 0) is 6.54 Å². The van der Waals surface area contributed by atoms with E-state index in [0.717, 1.165) is 18.1 Å². The molecule has 1 saturated heterocycles. The quantitative estimate of drug-likeness (QED) is 0.871. The lowest BCUT2D eigenvalue weighted by Gasteiger charge is -2.32. The fourth-order valence-electron chi connectivity index (χ4n) is 2.30. The SMILES string of the molecule is CNC1CCCN(Cc2ccccc2Cl)C1. The molecule has 0 amide bonds. The highest BCUT2D eigenvalue weighted by molar-refractivity contribution is 6.31. The molecule has 1 atom stereocenters. The molecule has 0 bridgehead atoms. The molecule has 0 aromatic heterocycles. The third kappa shape index (κ3) is 2.97. The van der Waals surface area contributed by atoms with Gasteiger partial charge < -0.3 is 5.32 Å². The Bertz CT molecular complexity index is 340. The van der Waals surface area contributed by atoms with Crippen molar-refractivity contribution < 1.29 is 0 Å². The first-order valence-corrected chi connectivity index (χ1v) is 6.30. The van der Waals surface area contributed by atoms with Crippen LogP contribution in [0.15, 0.2) is 24.3 Å². The number of hydrogen-bond donors (Lipinski definition) is 1. The molecule has 16 heavy (non-hydrogen) atoms. The summed E-state index contributed by atoms with van der Waals surface area (Å²) in [4.78, 5) is 2.48. The van der Waals surface area contributed by atoms with Gasteiger partial charge in [0, 0.05) is 24.2 Å². The Morgan fingerprint density at radius 3 is 3.00 bits per heavy atom. The minimum Gasteiger partial charge on any atom is -0.316 e. The Labute approximate surface area is 103 Å². The highest BCUT2D eigenvalue weighted by Crippen LogP contribution is 2.19. The number of benzene rings is 1. The van der Waals surface area contributed by atoms with Crippen LogP contribution in [0.2, 0.25) is 5.02 Å². The largest absolute Gasteiger partial charge is 0.316 e. The van der Waals surface area contributed by atoms with Crippen molar-refractivity contribution in [3.63, 3.8) is 0 Å². The second-order valence-corrected chi connectivity index (χ2v) is 4.86. The Morgan fingerprint density at radius 1 is 1.44 bits per heavy atom. The molecule has 1 N–H and O–H groups in total. The number of rotatable bonds is 3. The Balaban J connectivity index is 1.97. The lowest BCUT2D eigenvalue weighted by molar-refractivity contribution is 0.188. The van der Waals surface area contributed by atoms with E-state index in [-0.39, 0.29) is 0 Å². The second kappa shape index (κ2) is 5.67. The topological polar surface area (TPSA) is 15.3 Å². The monoisotopic (exact) mass is 238 g/mol. The number of hydrogen-bond acceptors (Lipinski definition) is 2. The molecular weight excluding hydrogens is 220 g/mol. The highest BCUT2D eigenvalue weighted by Gasteiger charge is 2.18. The molecule has 0 radical (unpaired) electrons. The molecule has 0 spiro atoms. The molecular formula is C13H19ClN2. The van der Waals surface area contributed by atoms with Gasteiger partial charge in [0.15, 0.2) is 0 Å². The van der Waals surface area contributed by atoms with Crippen molar-refractivity contribution in [2.24, 2.45) is 0 Å². The maximum atomic E-state index is 6.17. The second-order valence-electron chi connectivity index (χ2n) is 4.45. The summed E-state index contributed by atoms with van der Waals surface area (Å²) in [6, 6.07) is 8.76. The summed E-state index contributed by atoms with van der Waals surface area (Å²) in [6.07, 6.45) is 2.56. The summed E-state index contributed by atoms with van der Waals surface area (Å²) in [5.74, 6) is 0. The Kier molecular flexibility index (Phi) is 4.22. The molecule has 1 aromatic carbocycles. The zero-order valence-electron chi connectivity index (χ0n) is 9.75. The average Bonchev–Trinajstić information content (AvgIpc) is 2.32. The molecule has 0 aliphatic carbocycles. The van der Waals surface area contributed by atoms with E-state index in [1.807, 2.05) is 19.2 Å². The summed E-state index contributed by atoms with van der Waals surface area (Å²) in [6.45, 7) is 3.28. The number of nitrogens with one attached hydrogen (secondary N) is 1. The van der Waals surface area contributed by atoms with Gasteiger partial charge in [-0.15, -0.1) is 0 Å². The minimum atomic E-state index is 0.635. The minimum absolute atomic E-state index is 0.635. The van der Waals surface area contributed by atoms with E-state index < -0.39 is 0 Å². The van der Waals surface area contributed by atoms with Crippen molar-refractivity contribution in [2.75, 3.05) is 20.1 Å². The van der Waals surface area contributed by atoms with Crippen LogP contribution in [0.1, 0.15) is 18.4 Å². The third-order valence-electron chi connectivity index (χ3n) is 3.27. The van der Waals surface area contributed by atoms with E-state index in [9.17, 15) is 0 Å². The van der Waals surface area contributed by atoms with Gasteiger partial charge in [0.25, 0.3) is 0 Å². The fraction of sp³-hybridized carbons (Fsp3) is 0.538. The van der Waals surface area contributed by atoms with Crippen LogP contribution in [0.5, 0.6) is 0 Å². The lowest BCUT2D eigenvalue weighted by Crippen LogP contribution is -2.43. The number of likely N-dealkylation sites (tertiary alicyclic amines) is 1. The molecule has 1 aliphatic heterocycles. The Hall–Kier alpha value is -0.570. The maximum absolute atomic E-state index is 6.17. The summed E-state index contributed by atoms with van der Waals surface area (Å²) in [5, 5.41) is 4.24. The first kappa shape index (κ1) is 11.9. The summed E-state index contributed by atoms with van der Waals surface area (Å²) in [5.41, 5.74) is 1.24. The zero-order valence-corrected chi connectivity index (χ0v) is 10.5. The van der Waals surface area contributed by atoms with Crippen LogP contribution in [0.25, 0.3) is 0 Å². The molecule has 1 fully saturated rings. The van der Waals surface area contributed by atoms with Gasteiger partial charge >= 0.3 is 0 Å². The number of nitrogens with zero attached hydrogens (tertiary/aromatic N) is 1. The highest BCUT2D eigenvalue weighted by atomic mass is 35.5. The normalized spacial score (nSPS) is 22.2. The molecule has 1 heterocycles. The van der Waals surface area contributed by atoms with E-state index in [2.05, 4.69) is 22.3 Å². The van der Waals surface area contributed by atoms with Crippen LogP contribution in [0.3, 0.4) is 0 Å². The average molecular weight is 239 g/mol. The van der Waals surface area contributed by atoms with Gasteiger partial charge in [-0.05, 0) is 38.1 Å². The van der Waals surface area contributed by atoms with Gasteiger partial charge in [-0.25, -0.2) is 0 Å². The predicted molar refractivity (Wildman–Crippen MR) is 68.8 cm³/mol. The van der Waals surface area contributed by atoms with Crippen LogP contribution in [-0.4, -0.2) is 31.1 Å². The first-order chi connectivity index (χ1) is 7.79. The number of likely N-dealkylation sites (N-methyl/N-ethyl adjacent to an activating group) is 1. The van der Waals surface area contributed by atoms with E-state index in [1.54, 1.807) is 0 Å². The molecule has 1 aliphatic rings. The van der Waals surface area contributed by atoms with Crippen molar-refractivity contribution in [1.82, 2.24) is 10.2 Å². The van der Waals surface area contributed by atoms with E-state index in [0.29, 0.717) is 6.04 Å². The standard InChI is InChI=1S/C13H19ClN2/c1-15-12-6-4-8-16(10-12)9-11-5-2-3-7-13(11)14/h2-3,5,7,12,15H,4,6,8-10H2,1H3. The van der Waals surface area contributed by atoms with Gasteiger partial charge in [0.2, 0.25) is 0 Å². The predicted octanol–water partition coefficient (Wildman–Crippen LogP) is 2.52. The van der Waals surface area contributed by atoms with Crippen molar-refractivity contribution in [3.8, 4) is 0 Å². The molecule has 1 unspecified atom stereocenters. The van der Waals surface area contributed by atoms with Gasteiger partial charge in [0.05, 0.1) is 0 Å². The fourth-order valence-corrected chi connectivity index (χ4v) is 2.50. The van der Waals surface area contributed by atoms with Crippen molar-refractivity contribution >= 4 is 11.6 Å². The molecule has 0 saturated carbocycles. The molecule has 2 nitrogen and oxygen atoms in total. The van der Waals surface area contributed by atoms with Crippen molar-refractivity contribution in [2.45, 2.75) is 25.4 Å². The smallest absolute Gasteiger partial charge is 0.0451 e. The Morgan fingerprint density at radius 2 is 2.25 bits per heavy atom. The lowest BCUT2D eigenvalue weighted by atomic mass is 10.1. The van der Waals surface area contributed by atoms with Crippen molar-refractivity contribution in [1.29, 1.82) is 0 Å². The van der Waals surface area contributed by atoms with Gasteiger partial charge in [-0.3, -0.25) is 4.90 Å². The third-order valence-corrected chi connectivity index (χ3v) is 3.63. The number of halogens is 1. The van der Waals surface area contributed by atoms with E-state index in [4.69, 9.17) is 11.6 Å². The van der Waals surface area contributed by atoms with Gasteiger partial charge in [0.1, 0.15) is 0 Å². The molecule has 3 heteroatoms. The molecule has 1 aromatic rings. The van der Waals surface area contributed by atoms with Crippen LogP contribution in [0.4, 0.5) is 0 Å². The molecule has 2 rings (SSSR count). The van der Waals surface area contributed by atoms with Crippen molar-refractivity contribution in [3.05, 3.63) is 34.9 Å². The maximum Gasteiger partial charge on any atom is 0.0451 e. The van der Waals surface area contributed by atoms with E-state index >= 15 is 0 Å². The number of piperidine rings is 1. The first-order valence-electron chi connectivity index (χ1n) is 5.92.